The molecule has 1 fully saturated rings. The van der Waals surface area contributed by atoms with E-state index in [0.717, 1.165) is 32.4 Å². The highest BCUT2D eigenvalue weighted by Crippen LogP contribution is 2.25. The molecule has 0 bridgehead atoms. The summed E-state index contributed by atoms with van der Waals surface area (Å²) in [6.45, 7) is 1.74. The van der Waals surface area contributed by atoms with Gasteiger partial charge in [0.1, 0.15) is 0 Å². The quantitative estimate of drug-likeness (QED) is 0.921. The second kappa shape index (κ2) is 7.30. The molecule has 0 saturated carbocycles. The van der Waals surface area contributed by atoms with Gasteiger partial charge >= 0.3 is 0 Å². The lowest BCUT2D eigenvalue weighted by molar-refractivity contribution is 0.0602. The first kappa shape index (κ1) is 15.6. The van der Waals surface area contributed by atoms with Crippen molar-refractivity contribution in [3.63, 3.8) is 0 Å². The third-order valence-electron chi connectivity index (χ3n) is 3.73. The molecule has 1 unspecified atom stereocenters. The summed E-state index contributed by atoms with van der Waals surface area (Å²) in [4.78, 5) is 14.6. The molecule has 1 atom stereocenters. The Kier molecular flexibility index (Phi) is 5.70. The Labute approximate surface area is 130 Å². The van der Waals surface area contributed by atoms with Gasteiger partial charge in [0.25, 0.3) is 5.91 Å². The summed E-state index contributed by atoms with van der Waals surface area (Å²) in [6.07, 6.45) is 4.31. The van der Waals surface area contributed by atoms with Crippen LogP contribution in [-0.2, 0) is 0 Å². The molecule has 1 N–H and O–H groups in total. The largest absolute Gasteiger partial charge is 0.336 e. The number of hydrogen-bond acceptors (Lipinski definition) is 2. The number of halogens is 2. The first-order chi connectivity index (χ1) is 9.61. The van der Waals surface area contributed by atoms with E-state index in [1.54, 1.807) is 18.2 Å². The van der Waals surface area contributed by atoms with Gasteiger partial charge in [-0.1, -0.05) is 23.2 Å². The van der Waals surface area contributed by atoms with Crippen LogP contribution in [0.3, 0.4) is 0 Å². The van der Waals surface area contributed by atoms with E-state index in [-0.39, 0.29) is 5.91 Å². The Morgan fingerprint density at radius 1 is 1.30 bits per heavy atom. The lowest BCUT2D eigenvalue weighted by Gasteiger charge is -2.36. The first-order valence-corrected chi connectivity index (χ1v) is 7.79. The number of likely N-dealkylation sites (tertiary alicyclic amines) is 1. The molecule has 0 aromatic heterocycles. The van der Waals surface area contributed by atoms with Crippen LogP contribution in [0.5, 0.6) is 0 Å². The van der Waals surface area contributed by atoms with Crippen LogP contribution in [0.15, 0.2) is 18.2 Å². The van der Waals surface area contributed by atoms with Gasteiger partial charge in [-0.05, 0) is 57.5 Å². The third-order valence-corrected chi connectivity index (χ3v) is 4.16. The van der Waals surface area contributed by atoms with Crippen molar-refractivity contribution in [2.24, 2.45) is 0 Å². The molecule has 5 heteroatoms. The summed E-state index contributed by atoms with van der Waals surface area (Å²) in [5.74, 6) is 0.0372. The van der Waals surface area contributed by atoms with Crippen molar-refractivity contribution in [1.29, 1.82) is 0 Å². The van der Waals surface area contributed by atoms with Gasteiger partial charge in [0.2, 0.25) is 0 Å². The summed E-state index contributed by atoms with van der Waals surface area (Å²) >= 11 is 12.0. The second-order valence-electron chi connectivity index (χ2n) is 5.20. The molecule has 20 heavy (non-hydrogen) atoms. The molecule has 1 heterocycles. The lowest BCUT2D eigenvalue weighted by atomic mass is 9.98. The van der Waals surface area contributed by atoms with Crippen LogP contribution >= 0.6 is 23.2 Å². The monoisotopic (exact) mass is 314 g/mol. The summed E-state index contributed by atoms with van der Waals surface area (Å²) in [7, 11) is 1.94. The van der Waals surface area contributed by atoms with Crippen LogP contribution in [0.2, 0.25) is 10.0 Å². The molecule has 3 nitrogen and oxygen atoms in total. The molecule has 0 radical (unpaired) electrons. The maximum atomic E-state index is 12.7. The highest BCUT2D eigenvalue weighted by molar-refractivity contribution is 6.35. The van der Waals surface area contributed by atoms with Crippen molar-refractivity contribution in [1.82, 2.24) is 10.2 Å². The van der Waals surface area contributed by atoms with Gasteiger partial charge < -0.3 is 10.2 Å². The standard InChI is InChI=1S/C15H20Cl2N2O/c1-18-6-5-14-4-2-3-7-19(14)15(20)11-8-12(16)10-13(17)9-11/h8-10,14,18H,2-7H2,1H3. The SMILES string of the molecule is CNCCC1CCCCN1C(=O)c1cc(Cl)cc(Cl)c1. The molecule has 1 saturated heterocycles. The Hall–Kier alpha value is -0.770. The second-order valence-corrected chi connectivity index (χ2v) is 6.07. The smallest absolute Gasteiger partial charge is 0.254 e. The molecule has 0 aliphatic carbocycles. The van der Waals surface area contributed by atoms with Crippen LogP contribution in [-0.4, -0.2) is 37.0 Å². The van der Waals surface area contributed by atoms with E-state index in [9.17, 15) is 4.79 Å². The molecule has 2 rings (SSSR count). The molecule has 1 amide bonds. The van der Waals surface area contributed by atoms with Crippen molar-refractivity contribution in [2.45, 2.75) is 31.7 Å². The topological polar surface area (TPSA) is 32.3 Å². The molecular formula is C15H20Cl2N2O. The number of piperidine rings is 1. The van der Waals surface area contributed by atoms with E-state index >= 15 is 0 Å². The zero-order chi connectivity index (χ0) is 14.5. The highest BCUT2D eigenvalue weighted by atomic mass is 35.5. The van der Waals surface area contributed by atoms with Crippen LogP contribution in [0.25, 0.3) is 0 Å². The van der Waals surface area contributed by atoms with Crippen LogP contribution < -0.4 is 5.32 Å². The van der Waals surface area contributed by atoms with Crippen molar-refractivity contribution in [3.8, 4) is 0 Å². The number of carbonyl (C=O) groups excluding carboxylic acids is 1. The van der Waals surface area contributed by atoms with Crippen molar-refractivity contribution < 1.29 is 4.79 Å². The molecule has 1 aromatic carbocycles. The first-order valence-electron chi connectivity index (χ1n) is 7.03. The summed E-state index contributed by atoms with van der Waals surface area (Å²) in [6, 6.07) is 5.34. The average Bonchev–Trinajstić information content (AvgIpc) is 2.43. The van der Waals surface area contributed by atoms with E-state index in [0.29, 0.717) is 21.7 Å². The molecular weight excluding hydrogens is 295 g/mol. The Morgan fingerprint density at radius 2 is 2.00 bits per heavy atom. The predicted octanol–water partition coefficient (Wildman–Crippen LogP) is 3.60. The molecule has 1 aliphatic heterocycles. The fraction of sp³-hybridized carbons (Fsp3) is 0.533. The maximum Gasteiger partial charge on any atom is 0.254 e. The lowest BCUT2D eigenvalue weighted by Crippen LogP contribution is -2.44. The van der Waals surface area contributed by atoms with E-state index < -0.39 is 0 Å². The molecule has 0 spiro atoms. The minimum absolute atomic E-state index is 0.0372. The number of nitrogens with zero attached hydrogens (tertiary/aromatic N) is 1. The average molecular weight is 315 g/mol. The van der Waals surface area contributed by atoms with Crippen molar-refractivity contribution in [3.05, 3.63) is 33.8 Å². The summed E-state index contributed by atoms with van der Waals surface area (Å²) < 4.78 is 0. The summed E-state index contributed by atoms with van der Waals surface area (Å²) in [5, 5.41) is 4.16. The molecule has 1 aliphatic rings. The zero-order valence-electron chi connectivity index (χ0n) is 11.7. The zero-order valence-corrected chi connectivity index (χ0v) is 13.2. The number of amides is 1. The number of rotatable bonds is 4. The van der Waals surface area contributed by atoms with Crippen LogP contribution in [0.1, 0.15) is 36.0 Å². The number of carbonyl (C=O) groups is 1. The maximum absolute atomic E-state index is 12.7. The fourth-order valence-electron chi connectivity index (χ4n) is 2.72. The highest BCUT2D eigenvalue weighted by Gasteiger charge is 2.27. The Balaban J connectivity index is 2.16. The van der Waals surface area contributed by atoms with Gasteiger partial charge in [-0.25, -0.2) is 0 Å². The molecule has 110 valence electrons. The van der Waals surface area contributed by atoms with Gasteiger partial charge in [0, 0.05) is 28.2 Å². The number of nitrogens with one attached hydrogen (secondary N) is 1. The van der Waals surface area contributed by atoms with E-state index in [4.69, 9.17) is 23.2 Å². The van der Waals surface area contributed by atoms with Crippen LogP contribution in [0.4, 0.5) is 0 Å². The van der Waals surface area contributed by atoms with Crippen molar-refractivity contribution in [2.75, 3.05) is 20.1 Å². The number of benzene rings is 1. The Morgan fingerprint density at radius 3 is 2.65 bits per heavy atom. The van der Waals surface area contributed by atoms with Gasteiger partial charge in [-0.2, -0.15) is 0 Å². The minimum Gasteiger partial charge on any atom is -0.336 e. The van der Waals surface area contributed by atoms with Gasteiger partial charge in [-0.15, -0.1) is 0 Å². The summed E-state index contributed by atoms with van der Waals surface area (Å²) in [5.41, 5.74) is 0.582. The van der Waals surface area contributed by atoms with E-state index in [1.165, 1.54) is 6.42 Å². The van der Waals surface area contributed by atoms with Gasteiger partial charge in [0.15, 0.2) is 0 Å². The fourth-order valence-corrected chi connectivity index (χ4v) is 3.25. The normalized spacial score (nSPS) is 19.1. The van der Waals surface area contributed by atoms with Crippen molar-refractivity contribution >= 4 is 29.1 Å². The van der Waals surface area contributed by atoms with Gasteiger partial charge in [-0.3, -0.25) is 4.79 Å². The Bertz CT molecular complexity index is 459. The van der Waals surface area contributed by atoms with E-state index in [1.807, 2.05) is 11.9 Å². The van der Waals surface area contributed by atoms with Gasteiger partial charge in [0.05, 0.1) is 0 Å². The minimum atomic E-state index is 0.0372. The van der Waals surface area contributed by atoms with Crippen LogP contribution in [0, 0.1) is 0 Å². The predicted molar refractivity (Wildman–Crippen MR) is 83.7 cm³/mol. The van der Waals surface area contributed by atoms with E-state index in [2.05, 4.69) is 5.32 Å². The third kappa shape index (κ3) is 3.87. The number of hydrogen-bond donors (Lipinski definition) is 1. The molecule has 1 aromatic rings.